The van der Waals surface area contributed by atoms with Crippen LogP contribution < -0.4 is 0 Å². The number of aryl methyl sites for hydroxylation is 1. The molecule has 0 bridgehead atoms. The van der Waals surface area contributed by atoms with Gasteiger partial charge in [-0.2, -0.15) is 0 Å². The maximum Gasteiger partial charge on any atom is 0.338 e. The van der Waals surface area contributed by atoms with Crippen molar-refractivity contribution >= 4 is 5.97 Å². The molecule has 0 unspecified atom stereocenters. The van der Waals surface area contributed by atoms with Crippen molar-refractivity contribution in [3.63, 3.8) is 0 Å². The van der Waals surface area contributed by atoms with Crippen LogP contribution in [0, 0.1) is 11.8 Å². The third kappa shape index (κ3) is 6.21. The molecule has 0 heterocycles. The Morgan fingerprint density at radius 3 is 2.05 bits per heavy atom. The van der Waals surface area contributed by atoms with Gasteiger partial charge in [0, 0.05) is 0 Å². The van der Waals surface area contributed by atoms with E-state index in [0.717, 1.165) is 6.42 Å². The molecule has 0 radical (unpaired) electrons. The molecule has 0 aliphatic heterocycles. The summed E-state index contributed by atoms with van der Waals surface area (Å²) < 4.78 is 5.67. The van der Waals surface area contributed by atoms with E-state index in [1.54, 1.807) is 0 Å². The average Bonchev–Trinajstić information content (AvgIpc) is 2.49. The fraction of sp³-hybridized carbons (Fsp3) is 0.650. The summed E-state index contributed by atoms with van der Waals surface area (Å²) in [6.07, 6.45) is 6.14. The van der Waals surface area contributed by atoms with Gasteiger partial charge in [0.2, 0.25) is 0 Å². The van der Waals surface area contributed by atoms with E-state index in [1.807, 2.05) is 12.1 Å². The van der Waals surface area contributed by atoms with Gasteiger partial charge in [0.05, 0.1) is 5.56 Å². The zero-order chi connectivity index (χ0) is 16.5. The van der Waals surface area contributed by atoms with Gasteiger partial charge < -0.3 is 4.74 Å². The van der Waals surface area contributed by atoms with Crippen LogP contribution in [0.3, 0.4) is 0 Å². The lowest BCUT2D eigenvalue weighted by Gasteiger charge is -2.24. The van der Waals surface area contributed by atoms with Crippen LogP contribution in [0.15, 0.2) is 24.3 Å². The molecule has 2 nitrogen and oxygen atoms in total. The molecule has 0 fully saturated rings. The number of unbranched alkanes of at least 4 members (excludes halogenated alkanes) is 3. The van der Waals surface area contributed by atoms with Crippen molar-refractivity contribution in [3.8, 4) is 0 Å². The SMILES string of the molecule is CCCCCCc1ccc(C(=O)OC(C(C)C)C(C)C)cc1. The van der Waals surface area contributed by atoms with Gasteiger partial charge in [-0.05, 0) is 42.4 Å². The Balaban J connectivity index is 2.56. The number of carbonyl (C=O) groups is 1. The van der Waals surface area contributed by atoms with Crippen LogP contribution in [0.25, 0.3) is 0 Å². The highest BCUT2D eigenvalue weighted by Crippen LogP contribution is 2.18. The number of hydrogen-bond donors (Lipinski definition) is 0. The first-order valence-electron chi connectivity index (χ1n) is 8.75. The molecule has 0 atom stereocenters. The van der Waals surface area contributed by atoms with Gasteiger partial charge in [0.1, 0.15) is 6.10 Å². The predicted molar refractivity (Wildman–Crippen MR) is 93.2 cm³/mol. The molecular weight excluding hydrogens is 272 g/mol. The van der Waals surface area contributed by atoms with E-state index in [0.29, 0.717) is 17.4 Å². The number of esters is 1. The molecule has 0 spiro atoms. The molecule has 22 heavy (non-hydrogen) atoms. The predicted octanol–water partition coefficient (Wildman–Crippen LogP) is 5.65. The second kappa shape index (κ2) is 9.66. The molecule has 0 aliphatic rings. The highest BCUT2D eigenvalue weighted by Gasteiger charge is 2.22. The third-order valence-corrected chi connectivity index (χ3v) is 4.07. The van der Waals surface area contributed by atoms with Gasteiger partial charge in [-0.25, -0.2) is 4.79 Å². The summed E-state index contributed by atoms with van der Waals surface area (Å²) >= 11 is 0. The quantitative estimate of drug-likeness (QED) is 0.435. The fourth-order valence-corrected chi connectivity index (χ4v) is 2.80. The van der Waals surface area contributed by atoms with Crippen LogP contribution in [0.2, 0.25) is 0 Å². The van der Waals surface area contributed by atoms with Crippen LogP contribution in [0.4, 0.5) is 0 Å². The second-order valence-corrected chi connectivity index (χ2v) is 6.87. The molecule has 0 saturated heterocycles. The molecule has 124 valence electrons. The molecule has 1 rings (SSSR count). The molecule has 0 aromatic heterocycles. The van der Waals surface area contributed by atoms with Crippen molar-refractivity contribution in [1.82, 2.24) is 0 Å². The number of benzene rings is 1. The summed E-state index contributed by atoms with van der Waals surface area (Å²) in [6, 6.07) is 7.91. The molecule has 2 heteroatoms. The summed E-state index contributed by atoms with van der Waals surface area (Å²) in [5.41, 5.74) is 1.96. The highest BCUT2D eigenvalue weighted by molar-refractivity contribution is 5.89. The van der Waals surface area contributed by atoms with Crippen molar-refractivity contribution in [1.29, 1.82) is 0 Å². The van der Waals surface area contributed by atoms with Crippen LogP contribution in [-0.4, -0.2) is 12.1 Å². The van der Waals surface area contributed by atoms with E-state index in [1.165, 1.54) is 31.2 Å². The molecule has 1 aromatic carbocycles. The maximum atomic E-state index is 12.3. The lowest BCUT2D eigenvalue weighted by molar-refractivity contribution is 0.00324. The molecule has 0 aliphatic carbocycles. The highest BCUT2D eigenvalue weighted by atomic mass is 16.5. The molecule has 0 N–H and O–H groups in total. The Bertz CT molecular complexity index is 424. The molecule has 0 amide bonds. The standard InChI is InChI=1S/C20H32O2/c1-6-7-8-9-10-17-11-13-18(14-12-17)20(21)22-19(15(2)3)16(4)5/h11-16,19H,6-10H2,1-5H3. The Morgan fingerprint density at radius 2 is 1.55 bits per heavy atom. The number of ether oxygens (including phenoxy) is 1. The smallest absolute Gasteiger partial charge is 0.338 e. The van der Waals surface area contributed by atoms with Crippen molar-refractivity contribution in [2.24, 2.45) is 11.8 Å². The van der Waals surface area contributed by atoms with E-state index in [9.17, 15) is 4.79 Å². The largest absolute Gasteiger partial charge is 0.458 e. The first-order valence-corrected chi connectivity index (χ1v) is 8.75. The van der Waals surface area contributed by atoms with E-state index in [-0.39, 0.29) is 12.1 Å². The van der Waals surface area contributed by atoms with Gasteiger partial charge in [-0.15, -0.1) is 0 Å². The van der Waals surface area contributed by atoms with E-state index in [4.69, 9.17) is 4.74 Å². The Labute approximate surface area is 136 Å². The topological polar surface area (TPSA) is 26.3 Å². The third-order valence-electron chi connectivity index (χ3n) is 4.07. The summed E-state index contributed by atoms with van der Waals surface area (Å²) in [4.78, 5) is 12.3. The first kappa shape index (κ1) is 18.7. The number of hydrogen-bond acceptors (Lipinski definition) is 2. The van der Waals surface area contributed by atoms with Crippen LogP contribution in [0.5, 0.6) is 0 Å². The Morgan fingerprint density at radius 1 is 0.955 bits per heavy atom. The molecule has 1 aromatic rings. The fourth-order valence-electron chi connectivity index (χ4n) is 2.80. The first-order chi connectivity index (χ1) is 10.5. The molecular formula is C20H32O2. The normalized spacial score (nSPS) is 11.5. The van der Waals surface area contributed by atoms with Gasteiger partial charge in [-0.1, -0.05) is 66.0 Å². The van der Waals surface area contributed by atoms with Gasteiger partial charge >= 0.3 is 5.97 Å². The maximum absolute atomic E-state index is 12.3. The van der Waals surface area contributed by atoms with E-state index >= 15 is 0 Å². The monoisotopic (exact) mass is 304 g/mol. The van der Waals surface area contributed by atoms with Crippen molar-refractivity contribution in [2.75, 3.05) is 0 Å². The molecule has 0 saturated carbocycles. The van der Waals surface area contributed by atoms with Crippen LogP contribution in [0.1, 0.15) is 76.2 Å². The lowest BCUT2D eigenvalue weighted by Crippen LogP contribution is -2.28. The van der Waals surface area contributed by atoms with Crippen molar-refractivity contribution in [2.45, 2.75) is 72.8 Å². The van der Waals surface area contributed by atoms with Crippen LogP contribution in [-0.2, 0) is 11.2 Å². The number of rotatable bonds is 9. The summed E-state index contributed by atoms with van der Waals surface area (Å²) in [5.74, 6) is 0.466. The number of carbonyl (C=O) groups excluding carboxylic acids is 1. The minimum atomic E-state index is -0.204. The second-order valence-electron chi connectivity index (χ2n) is 6.87. The van der Waals surface area contributed by atoms with Gasteiger partial charge in [0.15, 0.2) is 0 Å². The Kier molecular flexibility index (Phi) is 8.22. The zero-order valence-electron chi connectivity index (χ0n) is 14.9. The van der Waals surface area contributed by atoms with Crippen LogP contribution >= 0.6 is 0 Å². The van der Waals surface area contributed by atoms with Gasteiger partial charge in [0.25, 0.3) is 0 Å². The Hall–Kier alpha value is -1.31. The summed E-state index contributed by atoms with van der Waals surface area (Å²) in [5, 5.41) is 0. The van der Waals surface area contributed by atoms with E-state index in [2.05, 4.69) is 46.8 Å². The minimum Gasteiger partial charge on any atom is -0.458 e. The minimum absolute atomic E-state index is 0.0266. The summed E-state index contributed by atoms with van der Waals surface area (Å²) in [6.45, 7) is 10.6. The average molecular weight is 304 g/mol. The van der Waals surface area contributed by atoms with Crippen molar-refractivity contribution < 1.29 is 9.53 Å². The van der Waals surface area contributed by atoms with Crippen molar-refractivity contribution in [3.05, 3.63) is 35.4 Å². The zero-order valence-corrected chi connectivity index (χ0v) is 14.9. The summed E-state index contributed by atoms with van der Waals surface area (Å²) in [7, 11) is 0. The lowest BCUT2D eigenvalue weighted by atomic mass is 9.96. The van der Waals surface area contributed by atoms with E-state index < -0.39 is 0 Å². The van der Waals surface area contributed by atoms with Gasteiger partial charge in [-0.3, -0.25) is 0 Å².